The molecule has 1 heterocycles. The number of carbonyl (C=O) groups is 1. The Morgan fingerprint density at radius 3 is 2.77 bits per heavy atom. The number of carboxylic acids is 1. The molecule has 1 saturated heterocycles. The summed E-state index contributed by atoms with van der Waals surface area (Å²) in [7, 11) is 0. The van der Waals surface area contributed by atoms with Crippen LogP contribution in [0, 0.1) is 5.41 Å². The Kier molecular flexibility index (Phi) is 4.79. The summed E-state index contributed by atoms with van der Waals surface area (Å²) in [5, 5.41) is 13.0. The van der Waals surface area contributed by atoms with Crippen LogP contribution in [0.15, 0.2) is 18.2 Å². The van der Waals surface area contributed by atoms with E-state index in [0.29, 0.717) is 32.6 Å². The van der Waals surface area contributed by atoms with Crippen molar-refractivity contribution >= 4 is 5.97 Å². The van der Waals surface area contributed by atoms with Crippen molar-refractivity contribution in [1.82, 2.24) is 5.32 Å². The third-order valence-corrected chi connectivity index (χ3v) is 5.18. The van der Waals surface area contributed by atoms with Crippen LogP contribution in [0.3, 0.4) is 0 Å². The Morgan fingerprint density at radius 1 is 1.23 bits per heavy atom. The summed E-state index contributed by atoms with van der Waals surface area (Å²) in [6, 6.07) is 6.53. The highest BCUT2D eigenvalue weighted by Crippen LogP contribution is 2.30. The van der Waals surface area contributed by atoms with Gasteiger partial charge in [-0.25, -0.2) is 0 Å². The SMILES string of the molecule is O=C(O)C1(CNCc2cccc3c2CCCC3)CCOCC1. The van der Waals surface area contributed by atoms with Crippen LogP contribution in [0.25, 0.3) is 0 Å². The molecule has 4 nitrogen and oxygen atoms in total. The largest absolute Gasteiger partial charge is 0.481 e. The molecule has 1 aromatic rings. The van der Waals surface area contributed by atoms with Gasteiger partial charge < -0.3 is 15.2 Å². The number of nitrogens with one attached hydrogen (secondary N) is 1. The van der Waals surface area contributed by atoms with Gasteiger partial charge in [0.15, 0.2) is 0 Å². The van der Waals surface area contributed by atoms with Crippen molar-refractivity contribution in [2.75, 3.05) is 19.8 Å². The van der Waals surface area contributed by atoms with Crippen molar-refractivity contribution < 1.29 is 14.6 Å². The van der Waals surface area contributed by atoms with E-state index in [9.17, 15) is 9.90 Å². The summed E-state index contributed by atoms with van der Waals surface area (Å²) >= 11 is 0. The van der Waals surface area contributed by atoms with Gasteiger partial charge in [0.25, 0.3) is 0 Å². The first-order valence-electron chi connectivity index (χ1n) is 8.33. The molecule has 0 amide bonds. The lowest BCUT2D eigenvalue weighted by Crippen LogP contribution is -2.45. The van der Waals surface area contributed by atoms with Crippen LogP contribution >= 0.6 is 0 Å². The second-order valence-corrected chi connectivity index (χ2v) is 6.56. The number of hydrogen-bond acceptors (Lipinski definition) is 3. The lowest BCUT2D eigenvalue weighted by molar-refractivity contribution is -0.154. The van der Waals surface area contributed by atoms with Crippen molar-refractivity contribution in [3.05, 3.63) is 34.9 Å². The van der Waals surface area contributed by atoms with Crippen molar-refractivity contribution in [3.63, 3.8) is 0 Å². The van der Waals surface area contributed by atoms with E-state index in [1.165, 1.54) is 36.0 Å². The summed E-state index contributed by atoms with van der Waals surface area (Å²) < 4.78 is 5.32. The molecule has 4 heteroatoms. The van der Waals surface area contributed by atoms with E-state index < -0.39 is 11.4 Å². The van der Waals surface area contributed by atoms with Gasteiger partial charge in [-0.15, -0.1) is 0 Å². The van der Waals surface area contributed by atoms with Crippen molar-refractivity contribution in [2.24, 2.45) is 5.41 Å². The number of fused-ring (bicyclic) bond motifs is 1. The zero-order valence-corrected chi connectivity index (χ0v) is 13.1. The first-order valence-corrected chi connectivity index (χ1v) is 8.33. The molecule has 1 fully saturated rings. The molecule has 1 aromatic carbocycles. The number of rotatable bonds is 5. The maximum atomic E-state index is 11.7. The van der Waals surface area contributed by atoms with Crippen LogP contribution in [-0.2, 0) is 28.9 Å². The highest BCUT2D eigenvalue weighted by atomic mass is 16.5. The molecule has 3 rings (SSSR count). The van der Waals surface area contributed by atoms with E-state index in [1.807, 2.05) is 0 Å². The predicted octanol–water partition coefficient (Wildman–Crippen LogP) is 2.54. The maximum Gasteiger partial charge on any atom is 0.311 e. The van der Waals surface area contributed by atoms with E-state index in [1.54, 1.807) is 0 Å². The molecule has 1 aliphatic heterocycles. The van der Waals surface area contributed by atoms with Crippen LogP contribution in [0.5, 0.6) is 0 Å². The van der Waals surface area contributed by atoms with E-state index >= 15 is 0 Å². The van der Waals surface area contributed by atoms with Gasteiger partial charge in [-0.2, -0.15) is 0 Å². The fourth-order valence-corrected chi connectivity index (χ4v) is 3.69. The second kappa shape index (κ2) is 6.80. The quantitative estimate of drug-likeness (QED) is 0.877. The molecule has 0 bridgehead atoms. The third-order valence-electron chi connectivity index (χ3n) is 5.18. The van der Waals surface area contributed by atoms with Crippen LogP contribution < -0.4 is 5.32 Å². The molecule has 1 aliphatic carbocycles. The lowest BCUT2D eigenvalue weighted by Gasteiger charge is -2.33. The van der Waals surface area contributed by atoms with Gasteiger partial charge in [0, 0.05) is 26.3 Å². The van der Waals surface area contributed by atoms with E-state index in [0.717, 1.165) is 13.0 Å². The van der Waals surface area contributed by atoms with Gasteiger partial charge >= 0.3 is 5.97 Å². The minimum atomic E-state index is -0.696. The first-order chi connectivity index (χ1) is 10.7. The molecule has 0 saturated carbocycles. The molecule has 2 N–H and O–H groups in total. The van der Waals surface area contributed by atoms with Gasteiger partial charge in [-0.05, 0) is 55.2 Å². The molecule has 0 unspecified atom stereocenters. The van der Waals surface area contributed by atoms with E-state index in [-0.39, 0.29) is 0 Å². The summed E-state index contributed by atoms with van der Waals surface area (Å²) in [5.41, 5.74) is 3.64. The highest BCUT2D eigenvalue weighted by Gasteiger charge is 2.39. The number of ether oxygens (including phenoxy) is 1. The van der Waals surface area contributed by atoms with E-state index in [4.69, 9.17) is 4.74 Å². The summed E-state index contributed by atoms with van der Waals surface area (Å²) in [6.07, 6.45) is 6.08. The zero-order chi connectivity index (χ0) is 15.4. The normalized spacial score (nSPS) is 20.4. The van der Waals surface area contributed by atoms with Crippen LogP contribution in [0.1, 0.15) is 42.4 Å². The molecule has 0 aromatic heterocycles. The molecule has 22 heavy (non-hydrogen) atoms. The molecular weight excluding hydrogens is 278 g/mol. The standard InChI is InChI=1S/C18H25NO3/c20-17(21)18(8-10-22-11-9-18)13-19-12-15-6-3-5-14-4-1-2-7-16(14)15/h3,5-6,19H,1-2,4,7-13H2,(H,20,21). The zero-order valence-electron chi connectivity index (χ0n) is 13.1. The fraction of sp³-hybridized carbons (Fsp3) is 0.611. The first kappa shape index (κ1) is 15.5. The van der Waals surface area contributed by atoms with Gasteiger partial charge in [0.1, 0.15) is 0 Å². The number of carboxylic acid groups (broad SMARTS) is 1. The Bertz CT molecular complexity index is 535. The highest BCUT2D eigenvalue weighted by molar-refractivity contribution is 5.75. The Hall–Kier alpha value is -1.39. The number of benzene rings is 1. The van der Waals surface area contributed by atoms with Crippen molar-refractivity contribution in [1.29, 1.82) is 0 Å². The van der Waals surface area contributed by atoms with Crippen LogP contribution in [0.2, 0.25) is 0 Å². The summed E-state index contributed by atoms with van der Waals surface area (Å²) in [4.78, 5) is 11.7. The van der Waals surface area contributed by atoms with Crippen molar-refractivity contribution in [3.8, 4) is 0 Å². The van der Waals surface area contributed by atoms with Gasteiger partial charge in [-0.3, -0.25) is 4.79 Å². The van der Waals surface area contributed by atoms with Gasteiger partial charge in [0.2, 0.25) is 0 Å². The maximum absolute atomic E-state index is 11.7. The lowest BCUT2D eigenvalue weighted by atomic mass is 9.80. The predicted molar refractivity (Wildman–Crippen MR) is 84.9 cm³/mol. The number of hydrogen-bond donors (Lipinski definition) is 2. The minimum Gasteiger partial charge on any atom is -0.481 e. The third kappa shape index (κ3) is 3.18. The molecule has 120 valence electrons. The summed E-state index contributed by atoms with van der Waals surface area (Å²) in [6.45, 7) is 2.39. The molecule has 0 spiro atoms. The number of aryl methyl sites for hydroxylation is 1. The smallest absolute Gasteiger partial charge is 0.311 e. The Balaban J connectivity index is 1.64. The van der Waals surface area contributed by atoms with Crippen LogP contribution in [0.4, 0.5) is 0 Å². The minimum absolute atomic E-state index is 0.523. The summed E-state index contributed by atoms with van der Waals surface area (Å²) in [5.74, 6) is -0.696. The monoisotopic (exact) mass is 303 g/mol. The van der Waals surface area contributed by atoms with Gasteiger partial charge in [0.05, 0.1) is 5.41 Å². The topological polar surface area (TPSA) is 58.6 Å². The average Bonchev–Trinajstić information content (AvgIpc) is 2.56. The molecule has 0 radical (unpaired) electrons. The van der Waals surface area contributed by atoms with E-state index in [2.05, 4.69) is 23.5 Å². The van der Waals surface area contributed by atoms with Gasteiger partial charge in [-0.1, -0.05) is 18.2 Å². The second-order valence-electron chi connectivity index (χ2n) is 6.56. The average molecular weight is 303 g/mol. The Morgan fingerprint density at radius 2 is 2.00 bits per heavy atom. The fourth-order valence-electron chi connectivity index (χ4n) is 3.69. The van der Waals surface area contributed by atoms with Crippen LogP contribution in [-0.4, -0.2) is 30.8 Å². The Labute approximate surface area is 131 Å². The molecular formula is C18H25NO3. The molecule has 2 aliphatic rings. The molecule has 0 atom stereocenters. The van der Waals surface area contributed by atoms with Crippen molar-refractivity contribution in [2.45, 2.75) is 45.1 Å². The number of aliphatic carboxylic acids is 1.